The summed E-state index contributed by atoms with van der Waals surface area (Å²) in [6.07, 6.45) is 1.09. The van der Waals surface area contributed by atoms with Gasteiger partial charge < -0.3 is 0 Å². The molecule has 2 atom stereocenters. The van der Waals surface area contributed by atoms with E-state index in [2.05, 4.69) is 15.3 Å². The maximum absolute atomic E-state index is 13.3. The summed E-state index contributed by atoms with van der Waals surface area (Å²) in [6.45, 7) is 0. The first-order chi connectivity index (χ1) is 9.97. The molecule has 1 amide bonds. The van der Waals surface area contributed by atoms with Crippen LogP contribution < -0.4 is 5.32 Å². The SMILES string of the molecule is O=C(Nc1ncccn1)[C@H]1C2CCC(CC2)[C@@H]1C(F)(F)F. The Morgan fingerprint density at radius 1 is 1.10 bits per heavy atom. The van der Waals surface area contributed by atoms with Crippen LogP contribution in [0.5, 0.6) is 0 Å². The third kappa shape index (κ3) is 2.73. The Balaban J connectivity index is 1.82. The summed E-state index contributed by atoms with van der Waals surface area (Å²) in [5.41, 5.74) is 0. The van der Waals surface area contributed by atoms with Crippen molar-refractivity contribution in [1.82, 2.24) is 9.97 Å². The Morgan fingerprint density at radius 3 is 2.24 bits per heavy atom. The number of nitrogens with zero attached hydrogens (tertiary/aromatic N) is 2. The summed E-state index contributed by atoms with van der Waals surface area (Å²) in [5.74, 6) is -3.70. The maximum atomic E-state index is 13.3. The van der Waals surface area contributed by atoms with E-state index in [0.29, 0.717) is 25.7 Å². The van der Waals surface area contributed by atoms with E-state index in [9.17, 15) is 18.0 Å². The molecule has 0 saturated heterocycles. The number of anilines is 1. The van der Waals surface area contributed by atoms with Gasteiger partial charge in [0.1, 0.15) is 0 Å². The second-order valence-corrected chi connectivity index (χ2v) is 5.83. The number of fused-ring (bicyclic) bond motifs is 3. The molecular weight excluding hydrogens is 283 g/mol. The molecule has 0 aliphatic heterocycles. The average Bonchev–Trinajstić information content (AvgIpc) is 2.47. The molecule has 3 saturated carbocycles. The summed E-state index contributed by atoms with van der Waals surface area (Å²) < 4.78 is 40.0. The minimum Gasteiger partial charge on any atom is -0.294 e. The molecule has 0 unspecified atom stereocenters. The number of carbonyl (C=O) groups excluding carboxylic acids is 1. The van der Waals surface area contributed by atoms with Crippen LogP contribution in [-0.2, 0) is 4.79 Å². The van der Waals surface area contributed by atoms with E-state index in [1.54, 1.807) is 6.07 Å². The van der Waals surface area contributed by atoms with Crippen LogP contribution in [0.25, 0.3) is 0 Å². The third-order valence-electron chi connectivity index (χ3n) is 4.70. The van der Waals surface area contributed by atoms with Crippen LogP contribution in [0, 0.1) is 23.7 Å². The van der Waals surface area contributed by atoms with Gasteiger partial charge in [0.25, 0.3) is 0 Å². The minimum absolute atomic E-state index is 0.0601. The number of aromatic nitrogens is 2. The highest BCUT2D eigenvalue weighted by molar-refractivity contribution is 5.91. The number of amides is 1. The molecule has 1 aromatic rings. The molecule has 3 aliphatic rings. The molecule has 114 valence electrons. The molecule has 4 rings (SSSR count). The van der Waals surface area contributed by atoms with Gasteiger partial charge in [-0.3, -0.25) is 10.1 Å². The minimum atomic E-state index is -4.33. The van der Waals surface area contributed by atoms with Gasteiger partial charge in [0.2, 0.25) is 11.9 Å². The largest absolute Gasteiger partial charge is 0.392 e. The van der Waals surface area contributed by atoms with E-state index in [-0.39, 0.29) is 11.9 Å². The lowest BCUT2D eigenvalue weighted by atomic mass is 9.58. The molecule has 2 bridgehead atoms. The predicted octanol–water partition coefficient (Wildman–Crippen LogP) is 3.03. The van der Waals surface area contributed by atoms with Crippen LogP contribution in [0.2, 0.25) is 0 Å². The number of hydrogen-bond acceptors (Lipinski definition) is 3. The molecule has 3 fully saturated rings. The summed E-state index contributed by atoms with van der Waals surface area (Å²) in [5, 5.41) is 2.44. The maximum Gasteiger partial charge on any atom is 0.392 e. The first-order valence-electron chi connectivity index (χ1n) is 7.11. The Bertz CT molecular complexity index is 512. The van der Waals surface area contributed by atoms with Crippen LogP contribution in [0.15, 0.2) is 18.5 Å². The lowest BCUT2D eigenvalue weighted by molar-refractivity contribution is -0.227. The van der Waals surface area contributed by atoms with Crippen LogP contribution in [0.4, 0.5) is 19.1 Å². The van der Waals surface area contributed by atoms with Crippen LogP contribution in [0.3, 0.4) is 0 Å². The second kappa shape index (κ2) is 5.27. The molecule has 1 aromatic heterocycles. The fourth-order valence-corrected chi connectivity index (χ4v) is 3.85. The van der Waals surface area contributed by atoms with Crippen molar-refractivity contribution in [3.05, 3.63) is 18.5 Å². The van der Waals surface area contributed by atoms with Gasteiger partial charge in [0, 0.05) is 12.4 Å². The molecule has 21 heavy (non-hydrogen) atoms. The topological polar surface area (TPSA) is 54.9 Å². The number of alkyl halides is 3. The first-order valence-corrected chi connectivity index (χ1v) is 7.11. The van der Waals surface area contributed by atoms with Crippen molar-refractivity contribution in [2.75, 3.05) is 5.32 Å². The van der Waals surface area contributed by atoms with Gasteiger partial charge >= 0.3 is 6.18 Å². The predicted molar refractivity (Wildman–Crippen MR) is 69.1 cm³/mol. The van der Waals surface area contributed by atoms with Gasteiger partial charge in [-0.25, -0.2) is 9.97 Å². The molecule has 3 aliphatic carbocycles. The van der Waals surface area contributed by atoms with E-state index < -0.39 is 29.8 Å². The molecule has 0 aromatic carbocycles. The average molecular weight is 299 g/mol. The summed E-state index contributed by atoms with van der Waals surface area (Å²) in [6, 6.07) is 1.58. The molecule has 0 radical (unpaired) electrons. The summed E-state index contributed by atoms with van der Waals surface area (Å²) in [4.78, 5) is 20.0. The van der Waals surface area contributed by atoms with Gasteiger partial charge in [-0.2, -0.15) is 13.2 Å². The van der Waals surface area contributed by atoms with Crippen molar-refractivity contribution in [2.45, 2.75) is 31.9 Å². The zero-order chi connectivity index (χ0) is 15.0. The first kappa shape index (κ1) is 14.3. The van der Waals surface area contributed by atoms with Crippen LogP contribution in [-0.4, -0.2) is 22.1 Å². The number of nitrogens with one attached hydrogen (secondary N) is 1. The number of rotatable bonds is 2. The van der Waals surface area contributed by atoms with E-state index in [1.807, 2.05) is 0 Å². The van der Waals surface area contributed by atoms with Crippen LogP contribution >= 0.6 is 0 Å². The van der Waals surface area contributed by atoms with Gasteiger partial charge in [-0.05, 0) is 43.6 Å². The van der Waals surface area contributed by atoms with Crippen molar-refractivity contribution < 1.29 is 18.0 Å². The highest BCUT2D eigenvalue weighted by Crippen LogP contribution is 2.54. The molecular formula is C14H16F3N3O. The highest BCUT2D eigenvalue weighted by Gasteiger charge is 2.58. The van der Waals surface area contributed by atoms with Crippen molar-refractivity contribution in [3.63, 3.8) is 0 Å². The van der Waals surface area contributed by atoms with Crippen molar-refractivity contribution in [2.24, 2.45) is 23.7 Å². The Morgan fingerprint density at radius 2 is 1.67 bits per heavy atom. The summed E-state index contributed by atoms with van der Waals surface area (Å²) in [7, 11) is 0. The van der Waals surface area contributed by atoms with Gasteiger partial charge in [0.15, 0.2) is 0 Å². The molecule has 0 spiro atoms. The quantitative estimate of drug-likeness (QED) is 0.913. The normalized spacial score (nSPS) is 32.0. The lowest BCUT2D eigenvalue weighted by Gasteiger charge is -2.48. The molecule has 1 heterocycles. The van der Waals surface area contributed by atoms with Gasteiger partial charge in [0.05, 0.1) is 11.8 Å². The van der Waals surface area contributed by atoms with E-state index >= 15 is 0 Å². The Kier molecular flexibility index (Phi) is 3.59. The van der Waals surface area contributed by atoms with Crippen molar-refractivity contribution in [1.29, 1.82) is 0 Å². The second-order valence-electron chi connectivity index (χ2n) is 5.83. The third-order valence-corrected chi connectivity index (χ3v) is 4.70. The fourth-order valence-electron chi connectivity index (χ4n) is 3.85. The Hall–Kier alpha value is -1.66. The number of hydrogen-bond donors (Lipinski definition) is 1. The zero-order valence-corrected chi connectivity index (χ0v) is 11.3. The smallest absolute Gasteiger partial charge is 0.294 e. The number of halogens is 3. The molecule has 1 N–H and O–H groups in total. The van der Waals surface area contributed by atoms with E-state index in [4.69, 9.17) is 0 Å². The van der Waals surface area contributed by atoms with Crippen molar-refractivity contribution in [3.8, 4) is 0 Å². The van der Waals surface area contributed by atoms with Crippen LogP contribution in [0.1, 0.15) is 25.7 Å². The van der Waals surface area contributed by atoms with E-state index in [0.717, 1.165) is 0 Å². The number of carbonyl (C=O) groups is 1. The molecule has 4 nitrogen and oxygen atoms in total. The van der Waals surface area contributed by atoms with Crippen molar-refractivity contribution >= 4 is 11.9 Å². The zero-order valence-electron chi connectivity index (χ0n) is 11.3. The van der Waals surface area contributed by atoms with Gasteiger partial charge in [-0.15, -0.1) is 0 Å². The fraction of sp³-hybridized carbons (Fsp3) is 0.643. The lowest BCUT2D eigenvalue weighted by Crippen LogP contribution is -2.51. The standard InChI is InChI=1S/C14H16F3N3O/c15-14(16,17)11-9-4-2-8(3-5-9)10(11)12(21)20-13-18-6-1-7-19-13/h1,6-11H,2-5H2,(H,18,19,20,21)/t8?,9?,10-,11-/m0/s1. The Labute approximate surface area is 120 Å². The monoisotopic (exact) mass is 299 g/mol. The summed E-state index contributed by atoms with van der Waals surface area (Å²) >= 11 is 0. The molecule has 7 heteroatoms. The van der Waals surface area contributed by atoms with E-state index in [1.165, 1.54) is 12.4 Å². The van der Waals surface area contributed by atoms with Gasteiger partial charge in [-0.1, -0.05) is 0 Å². The highest BCUT2D eigenvalue weighted by atomic mass is 19.4.